The van der Waals surface area contributed by atoms with Crippen molar-refractivity contribution in [2.24, 2.45) is 5.92 Å². The normalized spacial score (nSPS) is 17.8. The number of sulfonamides is 1. The van der Waals surface area contributed by atoms with E-state index in [9.17, 15) is 12.8 Å². The van der Waals surface area contributed by atoms with E-state index in [4.69, 9.17) is 9.47 Å². The number of piperidine rings is 1. The molecule has 29 heavy (non-hydrogen) atoms. The lowest BCUT2D eigenvalue weighted by atomic mass is 9.98. The van der Waals surface area contributed by atoms with Crippen LogP contribution in [0.3, 0.4) is 0 Å². The highest BCUT2D eigenvalue weighted by atomic mass is 32.2. The smallest absolute Gasteiger partial charge is 0.243 e. The van der Waals surface area contributed by atoms with Crippen LogP contribution in [0.15, 0.2) is 47.4 Å². The van der Waals surface area contributed by atoms with Gasteiger partial charge in [0.25, 0.3) is 0 Å². The molecule has 1 heterocycles. The second-order valence-corrected chi connectivity index (χ2v) is 8.95. The van der Waals surface area contributed by atoms with Crippen LogP contribution >= 0.6 is 0 Å². The van der Waals surface area contributed by atoms with E-state index in [0.717, 1.165) is 44.6 Å². The number of nitrogens with one attached hydrogen (secondary N) is 1. The molecule has 2 aromatic carbocycles. The molecule has 6 nitrogen and oxygen atoms in total. The maximum atomic E-state index is 14.4. The van der Waals surface area contributed by atoms with Gasteiger partial charge in [0.05, 0.1) is 14.2 Å². The largest absolute Gasteiger partial charge is 0.493 e. The third-order valence-corrected chi connectivity index (χ3v) is 6.58. The molecule has 1 atom stereocenters. The van der Waals surface area contributed by atoms with Crippen molar-refractivity contribution in [1.29, 1.82) is 0 Å². The number of benzene rings is 2. The van der Waals surface area contributed by atoms with Gasteiger partial charge in [0.2, 0.25) is 10.0 Å². The van der Waals surface area contributed by atoms with Crippen LogP contribution in [0.1, 0.15) is 18.4 Å². The molecule has 0 radical (unpaired) electrons. The van der Waals surface area contributed by atoms with Crippen molar-refractivity contribution < 1.29 is 22.3 Å². The Morgan fingerprint density at radius 2 is 1.83 bits per heavy atom. The highest BCUT2D eigenvalue weighted by molar-refractivity contribution is 7.89. The molecule has 1 unspecified atom stereocenters. The van der Waals surface area contributed by atoms with Crippen LogP contribution in [-0.4, -0.2) is 47.2 Å². The van der Waals surface area contributed by atoms with Crippen LogP contribution in [0.5, 0.6) is 11.5 Å². The highest BCUT2D eigenvalue weighted by Crippen LogP contribution is 2.32. The van der Waals surface area contributed by atoms with Crippen molar-refractivity contribution >= 4 is 10.0 Å². The SMILES string of the molecule is COc1cc(F)c(S(=O)(=O)NCC2CCCN(Cc3ccccc3)C2)cc1OC. The van der Waals surface area contributed by atoms with Gasteiger partial charge >= 0.3 is 0 Å². The second kappa shape index (κ2) is 9.56. The summed E-state index contributed by atoms with van der Waals surface area (Å²) >= 11 is 0. The lowest BCUT2D eigenvalue weighted by molar-refractivity contribution is 0.169. The fourth-order valence-corrected chi connectivity index (χ4v) is 4.84. The molecule has 1 fully saturated rings. The van der Waals surface area contributed by atoms with Gasteiger partial charge in [0.15, 0.2) is 11.5 Å². The Bertz CT molecular complexity index is 922. The van der Waals surface area contributed by atoms with Crippen LogP contribution in [0.4, 0.5) is 4.39 Å². The van der Waals surface area contributed by atoms with E-state index < -0.39 is 20.7 Å². The molecule has 0 amide bonds. The number of nitrogens with zero attached hydrogens (tertiary/aromatic N) is 1. The van der Waals surface area contributed by atoms with Crippen LogP contribution in [0, 0.1) is 11.7 Å². The lowest BCUT2D eigenvalue weighted by Gasteiger charge is -2.32. The fraction of sp³-hybridized carbons (Fsp3) is 0.429. The quantitative estimate of drug-likeness (QED) is 0.708. The topological polar surface area (TPSA) is 67.9 Å². The van der Waals surface area contributed by atoms with Crippen LogP contribution < -0.4 is 14.2 Å². The number of ether oxygens (including phenoxy) is 2. The fourth-order valence-electron chi connectivity index (χ4n) is 3.65. The summed E-state index contributed by atoms with van der Waals surface area (Å²) in [5.41, 5.74) is 1.24. The number of hydrogen-bond donors (Lipinski definition) is 1. The van der Waals surface area contributed by atoms with Crippen molar-refractivity contribution in [2.45, 2.75) is 24.3 Å². The van der Waals surface area contributed by atoms with E-state index in [0.29, 0.717) is 0 Å². The Morgan fingerprint density at radius 3 is 2.52 bits per heavy atom. The summed E-state index contributed by atoms with van der Waals surface area (Å²) in [5.74, 6) is -0.385. The Labute approximate surface area is 171 Å². The highest BCUT2D eigenvalue weighted by Gasteiger charge is 2.26. The van der Waals surface area contributed by atoms with Gasteiger partial charge in [-0.2, -0.15) is 0 Å². The minimum Gasteiger partial charge on any atom is -0.493 e. The molecule has 0 bridgehead atoms. The van der Waals surface area contributed by atoms with Gasteiger partial charge < -0.3 is 9.47 Å². The minimum absolute atomic E-state index is 0.146. The first-order chi connectivity index (χ1) is 13.9. The molecule has 0 aromatic heterocycles. The third kappa shape index (κ3) is 5.46. The zero-order valence-electron chi connectivity index (χ0n) is 16.7. The van der Waals surface area contributed by atoms with Gasteiger partial charge in [-0.1, -0.05) is 30.3 Å². The van der Waals surface area contributed by atoms with Crippen molar-refractivity contribution in [3.63, 3.8) is 0 Å². The molecule has 0 saturated carbocycles. The molecule has 1 saturated heterocycles. The summed E-state index contributed by atoms with van der Waals surface area (Å²) in [6.45, 7) is 2.89. The van der Waals surface area contributed by atoms with Gasteiger partial charge in [-0.05, 0) is 30.9 Å². The van der Waals surface area contributed by atoms with E-state index in [1.165, 1.54) is 19.8 Å². The van der Waals surface area contributed by atoms with Crippen molar-refractivity contribution in [3.05, 3.63) is 53.8 Å². The van der Waals surface area contributed by atoms with Crippen molar-refractivity contribution in [1.82, 2.24) is 9.62 Å². The number of rotatable bonds is 8. The van der Waals surface area contributed by atoms with Gasteiger partial charge in [-0.3, -0.25) is 4.90 Å². The molecule has 3 rings (SSSR count). The standard InChI is InChI=1S/C21H27FN2O4S/c1-27-19-11-18(22)21(12-20(19)28-2)29(25,26)23-13-17-9-6-10-24(15-17)14-16-7-4-3-5-8-16/h3-5,7-8,11-12,17,23H,6,9-10,13-15H2,1-2H3. The van der Waals surface area contributed by atoms with E-state index in [1.807, 2.05) is 18.2 Å². The molecular formula is C21H27FN2O4S. The molecular weight excluding hydrogens is 395 g/mol. The zero-order valence-corrected chi connectivity index (χ0v) is 17.5. The first-order valence-electron chi connectivity index (χ1n) is 9.60. The summed E-state index contributed by atoms with van der Waals surface area (Å²) in [6.07, 6.45) is 1.94. The third-order valence-electron chi connectivity index (χ3n) is 5.14. The van der Waals surface area contributed by atoms with Crippen molar-refractivity contribution in [3.8, 4) is 11.5 Å². The predicted octanol–water partition coefficient (Wildman–Crippen LogP) is 3.03. The Kier molecular flexibility index (Phi) is 7.10. The molecule has 0 aliphatic carbocycles. The first kappa shape index (κ1) is 21.5. The van der Waals surface area contributed by atoms with Crippen LogP contribution in [-0.2, 0) is 16.6 Å². The van der Waals surface area contributed by atoms with E-state index >= 15 is 0 Å². The van der Waals surface area contributed by atoms with E-state index in [2.05, 4.69) is 21.8 Å². The van der Waals surface area contributed by atoms with Gasteiger partial charge in [-0.25, -0.2) is 17.5 Å². The maximum Gasteiger partial charge on any atom is 0.243 e. The van der Waals surface area contributed by atoms with Gasteiger partial charge in [0.1, 0.15) is 10.7 Å². The Balaban J connectivity index is 1.64. The molecule has 2 aromatic rings. The molecule has 1 N–H and O–H groups in total. The molecule has 158 valence electrons. The Hall–Kier alpha value is -2.16. The van der Waals surface area contributed by atoms with Gasteiger partial charge in [-0.15, -0.1) is 0 Å². The summed E-state index contributed by atoms with van der Waals surface area (Å²) in [5, 5.41) is 0. The van der Waals surface area contributed by atoms with Crippen LogP contribution in [0.25, 0.3) is 0 Å². The first-order valence-corrected chi connectivity index (χ1v) is 11.1. The maximum absolute atomic E-state index is 14.4. The summed E-state index contributed by atoms with van der Waals surface area (Å²) < 4.78 is 52.4. The van der Waals surface area contributed by atoms with E-state index in [-0.39, 0.29) is 24.0 Å². The predicted molar refractivity (Wildman–Crippen MR) is 109 cm³/mol. The van der Waals surface area contributed by atoms with E-state index in [1.54, 1.807) is 0 Å². The summed E-state index contributed by atoms with van der Waals surface area (Å²) in [7, 11) is -1.26. The molecule has 8 heteroatoms. The monoisotopic (exact) mass is 422 g/mol. The number of likely N-dealkylation sites (tertiary alicyclic amines) is 1. The number of methoxy groups -OCH3 is 2. The second-order valence-electron chi connectivity index (χ2n) is 7.22. The molecule has 1 aliphatic rings. The number of hydrogen-bond acceptors (Lipinski definition) is 5. The molecule has 1 aliphatic heterocycles. The summed E-state index contributed by atoms with van der Waals surface area (Å²) in [4.78, 5) is 1.89. The minimum atomic E-state index is -4.00. The van der Waals surface area contributed by atoms with Crippen LogP contribution in [0.2, 0.25) is 0 Å². The molecule has 0 spiro atoms. The van der Waals surface area contributed by atoms with Gasteiger partial charge in [0, 0.05) is 31.8 Å². The summed E-state index contributed by atoms with van der Waals surface area (Å²) in [6, 6.07) is 12.4. The zero-order chi connectivity index (χ0) is 20.9. The number of halogens is 1. The van der Waals surface area contributed by atoms with Crippen molar-refractivity contribution in [2.75, 3.05) is 33.9 Å². The Morgan fingerprint density at radius 1 is 1.14 bits per heavy atom. The average Bonchev–Trinajstić information content (AvgIpc) is 2.73. The lowest BCUT2D eigenvalue weighted by Crippen LogP contribution is -2.40. The average molecular weight is 423 g/mol.